The maximum atomic E-state index is 11.9. The summed E-state index contributed by atoms with van der Waals surface area (Å²) >= 11 is 4.73. The number of rotatable bonds is 2. The first-order chi connectivity index (χ1) is 6.70. The molecule has 0 atom stereocenters. The molecule has 72 valence electrons. The van der Waals surface area contributed by atoms with Gasteiger partial charge in [-0.25, -0.2) is 0 Å². The Labute approximate surface area is 93.7 Å². The Morgan fingerprint density at radius 2 is 2.29 bits per heavy atom. The minimum atomic E-state index is -0.0608. The lowest BCUT2D eigenvalue weighted by Gasteiger charge is -1.95. The predicted octanol–water partition coefficient (Wildman–Crippen LogP) is 3.64. The van der Waals surface area contributed by atoms with Gasteiger partial charge in [0.1, 0.15) is 0 Å². The van der Waals surface area contributed by atoms with Gasteiger partial charge in [-0.05, 0) is 45.9 Å². The zero-order valence-electron chi connectivity index (χ0n) is 7.41. The van der Waals surface area contributed by atoms with Crippen molar-refractivity contribution in [3.63, 3.8) is 0 Å². The van der Waals surface area contributed by atoms with Gasteiger partial charge in [0.15, 0.2) is 5.76 Å². The molecule has 0 spiro atoms. The molecule has 0 aliphatic rings. The van der Waals surface area contributed by atoms with Crippen molar-refractivity contribution in [3.8, 4) is 0 Å². The summed E-state index contributed by atoms with van der Waals surface area (Å²) < 4.78 is 5.96. The summed E-state index contributed by atoms with van der Waals surface area (Å²) in [4.78, 5) is 12.6. The van der Waals surface area contributed by atoms with Gasteiger partial charge in [-0.15, -0.1) is 11.3 Å². The van der Waals surface area contributed by atoms with Crippen LogP contribution in [0.5, 0.6) is 0 Å². The van der Waals surface area contributed by atoms with Gasteiger partial charge in [0.2, 0.25) is 5.78 Å². The van der Waals surface area contributed by atoms with Crippen LogP contribution in [0.15, 0.2) is 32.7 Å². The van der Waals surface area contributed by atoms with E-state index < -0.39 is 0 Å². The molecule has 0 radical (unpaired) electrons. The number of carbonyl (C=O) groups is 1. The molecule has 0 aliphatic heterocycles. The van der Waals surface area contributed by atoms with Crippen molar-refractivity contribution in [2.24, 2.45) is 0 Å². The van der Waals surface area contributed by atoms with Crippen LogP contribution in [0.4, 0.5) is 0 Å². The second-order valence-corrected chi connectivity index (χ2v) is 4.63. The lowest BCUT2D eigenvalue weighted by molar-refractivity contribution is 0.101. The molecule has 2 nitrogen and oxygen atoms in total. The molecule has 0 saturated carbocycles. The lowest BCUT2D eigenvalue weighted by Crippen LogP contribution is -1.99. The van der Waals surface area contributed by atoms with Gasteiger partial charge >= 0.3 is 0 Å². The van der Waals surface area contributed by atoms with E-state index in [1.165, 1.54) is 17.6 Å². The third-order valence-electron chi connectivity index (χ3n) is 1.89. The number of aryl methyl sites for hydroxylation is 1. The molecule has 2 rings (SSSR count). The van der Waals surface area contributed by atoms with Crippen molar-refractivity contribution in [1.82, 2.24) is 0 Å². The van der Waals surface area contributed by atoms with Crippen molar-refractivity contribution in [2.45, 2.75) is 6.92 Å². The van der Waals surface area contributed by atoms with E-state index in [-0.39, 0.29) is 5.78 Å². The van der Waals surface area contributed by atoms with Crippen LogP contribution in [0.2, 0.25) is 0 Å². The fourth-order valence-electron chi connectivity index (χ4n) is 1.16. The molecule has 0 unspecified atom stereocenters. The van der Waals surface area contributed by atoms with Gasteiger partial charge < -0.3 is 4.42 Å². The fourth-order valence-corrected chi connectivity index (χ4v) is 2.65. The average molecular weight is 271 g/mol. The van der Waals surface area contributed by atoms with Crippen molar-refractivity contribution in [2.75, 3.05) is 0 Å². The topological polar surface area (TPSA) is 30.2 Å². The van der Waals surface area contributed by atoms with Crippen LogP contribution in [0.25, 0.3) is 0 Å². The zero-order chi connectivity index (χ0) is 10.1. The fraction of sp³-hybridized carbons (Fsp3) is 0.100. The normalized spacial score (nSPS) is 10.4. The summed E-state index contributed by atoms with van der Waals surface area (Å²) in [5.74, 6) is 0.363. The number of hydrogen-bond acceptors (Lipinski definition) is 3. The van der Waals surface area contributed by atoms with Gasteiger partial charge in [0.05, 0.1) is 11.1 Å². The molecule has 2 aromatic heterocycles. The summed E-state index contributed by atoms with van der Waals surface area (Å²) in [5, 5.41) is 1.87. The molecule has 4 heteroatoms. The number of carbonyl (C=O) groups excluding carboxylic acids is 1. The van der Waals surface area contributed by atoms with Gasteiger partial charge in [-0.3, -0.25) is 4.79 Å². The van der Waals surface area contributed by atoms with Crippen molar-refractivity contribution < 1.29 is 9.21 Å². The number of hydrogen-bond donors (Lipinski definition) is 0. The SMILES string of the molecule is Cc1ccoc1C(=O)c1sccc1Br. The molecule has 0 aliphatic carbocycles. The first kappa shape index (κ1) is 9.68. The molecule has 14 heavy (non-hydrogen) atoms. The summed E-state index contributed by atoms with van der Waals surface area (Å²) in [6.07, 6.45) is 1.53. The lowest BCUT2D eigenvalue weighted by atomic mass is 10.2. The summed E-state index contributed by atoms with van der Waals surface area (Å²) in [6, 6.07) is 3.64. The Hall–Kier alpha value is -0.870. The van der Waals surface area contributed by atoms with Crippen molar-refractivity contribution in [1.29, 1.82) is 0 Å². The number of furan rings is 1. The second kappa shape index (κ2) is 3.71. The highest BCUT2D eigenvalue weighted by molar-refractivity contribution is 9.10. The van der Waals surface area contributed by atoms with Crippen LogP contribution < -0.4 is 0 Å². The Bertz CT molecular complexity index is 428. The van der Waals surface area contributed by atoms with E-state index in [4.69, 9.17) is 4.42 Å². The second-order valence-electron chi connectivity index (χ2n) is 2.86. The Morgan fingerprint density at radius 1 is 1.50 bits per heavy atom. The van der Waals surface area contributed by atoms with E-state index in [1.54, 1.807) is 6.07 Å². The van der Waals surface area contributed by atoms with Crippen LogP contribution in [-0.4, -0.2) is 5.78 Å². The van der Waals surface area contributed by atoms with E-state index in [1.807, 2.05) is 18.4 Å². The number of ketones is 1. The van der Waals surface area contributed by atoms with Gasteiger partial charge in [-0.2, -0.15) is 0 Å². The molecule has 0 fully saturated rings. The van der Waals surface area contributed by atoms with Crippen LogP contribution in [-0.2, 0) is 0 Å². The molecule has 0 saturated heterocycles. The van der Waals surface area contributed by atoms with Crippen LogP contribution >= 0.6 is 27.3 Å². The van der Waals surface area contributed by atoms with Crippen LogP contribution in [0, 0.1) is 6.92 Å². The highest BCUT2D eigenvalue weighted by atomic mass is 79.9. The Kier molecular flexibility index (Phi) is 2.56. The maximum absolute atomic E-state index is 11.9. The van der Waals surface area contributed by atoms with Crippen LogP contribution in [0.3, 0.4) is 0 Å². The first-order valence-corrected chi connectivity index (χ1v) is 5.69. The third kappa shape index (κ3) is 1.55. The number of halogens is 1. The van der Waals surface area contributed by atoms with E-state index in [0.717, 1.165) is 10.0 Å². The van der Waals surface area contributed by atoms with E-state index in [2.05, 4.69) is 15.9 Å². The summed E-state index contributed by atoms with van der Waals surface area (Å²) in [5.41, 5.74) is 0.871. The van der Waals surface area contributed by atoms with E-state index >= 15 is 0 Å². The molecule has 2 aromatic rings. The molecular formula is C10H7BrO2S. The minimum absolute atomic E-state index is 0.0608. The van der Waals surface area contributed by atoms with Crippen molar-refractivity contribution >= 4 is 33.0 Å². The highest BCUT2D eigenvalue weighted by Crippen LogP contribution is 2.26. The third-order valence-corrected chi connectivity index (χ3v) is 3.73. The summed E-state index contributed by atoms with van der Waals surface area (Å²) in [7, 11) is 0. The quantitative estimate of drug-likeness (QED) is 0.780. The predicted molar refractivity (Wildman–Crippen MR) is 58.9 cm³/mol. The monoisotopic (exact) mass is 270 g/mol. The average Bonchev–Trinajstić information content (AvgIpc) is 2.73. The van der Waals surface area contributed by atoms with E-state index in [0.29, 0.717) is 10.6 Å². The molecule has 0 aromatic carbocycles. The van der Waals surface area contributed by atoms with Crippen molar-refractivity contribution in [3.05, 3.63) is 44.4 Å². The smallest absolute Gasteiger partial charge is 0.239 e. The Morgan fingerprint density at radius 3 is 2.79 bits per heavy atom. The van der Waals surface area contributed by atoms with Gasteiger partial charge in [0.25, 0.3) is 0 Å². The van der Waals surface area contributed by atoms with Gasteiger partial charge in [-0.1, -0.05) is 0 Å². The standard InChI is InChI=1S/C10H7BrO2S/c1-6-2-4-13-9(6)8(12)10-7(11)3-5-14-10/h2-5H,1H3. The molecule has 0 N–H and O–H groups in total. The molecule has 0 bridgehead atoms. The number of thiophene rings is 1. The highest BCUT2D eigenvalue weighted by Gasteiger charge is 2.18. The minimum Gasteiger partial charge on any atom is -0.461 e. The molecular weight excluding hydrogens is 264 g/mol. The first-order valence-electron chi connectivity index (χ1n) is 4.02. The maximum Gasteiger partial charge on any atom is 0.239 e. The summed E-state index contributed by atoms with van der Waals surface area (Å²) in [6.45, 7) is 1.86. The molecule has 2 heterocycles. The largest absolute Gasteiger partial charge is 0.461 e. The Balaban J connectivity index is 2.44. The van der Waals surface area contributed by atoms with E-state index in [9.17, 15) is 4.79 Å². The van der Waals surface area contributed by atoms with Gasteiger partial charge in [0, 0.05) is 4.47 Å². The van der Waals surface area contributed by atoms with Crippen LogP contribution in [0.1, 0.15) is 21.0 Å². The zero-order valence-corrected chi connectivity index (χ0v) is 9.81. The molecule has 0 amide bonds.